The fraction of sp³-hybridized carbons (Fsp3) is 0.125. The number of primary amides is 1. The third-order valence-electron chi connectivity index (χ3n) is 3.22. The Hall–Kier alpha value is -2.82. The van der Waals surface area contributed by atoms with Gasteiger partial charge in [-0.25, -0.2) is 4.98 Å². The van der Waals surface area contributed by atoms with Crippen LogP contribution in [0.1, 0.15) is 11.3 Å². The van der Waals surface area contributed by atoms with Crippen LogP contribution in [0.5, 0.6) is 0 Å². The lowest BCUT2D eigenvalue weighted by Gasteiger charge is -2.05. The zero-order chi connectivity index (χ0) is 14.7. The Labute approximate surface area is 122 Å². The van der Waals surface area contributed by atoms with Gasteiger partial charge in [0.05, 0.1) is 18.7 Å². The van der Waals surface area contributed by atoms with Crippen molar-refractivity contribution >= 4 is 17.2 Å². The summed E-state index contributed by atoms with van der Waals surface area (Å²) in [6.07, 6.45) is 4.25. The van der Waals surface area contributed by atoms with Gasteiger partial charge in [-0.2, -0.15) is 0 Å². The number of anilines is 1. The summed E-state index contributed by atoms with van der Waals surface area (Å²) in [6, 6.07) is 13.6. The molecule has 0 bridgehead atoms. The Morgan fingerprint density at radius 2 is 2.00 bits per heavy atom. The van der Waals surface area contributed by atoms with Gasteiger partial charge in [0.1, 0.15) is 5.65 Å². The van der Waals surface area contributed by atoms with Gasteiger partial charge in [0.2, 0.25) is 5.91 Å². The van der Waals surface area contributed by atoms with Gasteiger partial charge in [0.15, 0.2) is 0 Å². The number of amides is 1. The summed E-state index contributed by atoms with van der Waals surface area (Å²) in [5, 5.41) is 3.31. The average molecular weight is 280 g/mol. The Balaban J connectivity index is 1.65. The highest BCUT2D eigenvalue weighted by atomic mass is 16.1. The third-order valence-corrected chi connectivity index (χ3v) is 3.22. The Kier molecular flexibility index (Phi) is 3.55. The number of imidazole rings is 1. The van der Waals surface area contributed by atoms with E-state index in [0.29, 0.717) is 6.54 Å². The van der Waals surface area contributed by atoms with E-state index < -0.39 is 0 Å². The predicted molar refractivity (Wildman–Crippen MR) is 81.9 cm³/mol. The summed E-state index contributed by atoms with van der Waals surface area (Å²) in [4.78, 5) is 15.4. The van der Waals surface area contributed by atoms with Gasteiger partial charge < -0.3 is 15.5 Å². The van der Waals surface area contributed by atoms with Gasteiger partial charge in [0, 0.05) is 18.1 Å². The number of pyridine rings is 1. The van der Waals surface area contributed by atoms with E-state index in [4.69, 9.17) is 5.73 Å². The number of hydrogen-bond acceptors (Lipinski definition) is 3. The predicted octanol–water partition coefficient (Wildman–Crippen LogP) is 1.97. The molecule has 0 spiro atoms. The molecule has 1 aromatic carbocycles. The van der Waals surface area contributed by atoms with Gasteiger partial charge in [0.25, 0.3) is 0 Å². The molecule has 0 atom stereocenters. The number of aromatic nitrogens is 2. The monoisotopic (exact) mass is 280 g/mol. The zero-order valence-electron chi connectivity index (χ0n) is 11.5. The number of carbonyl (C=O) groups excluding carboxylic acids is 1. The average Bonchev–Trinajstić information content (AvgIpc) is 2.89. The van der Waals surface area contributed by atoms with Crippen LogP contribution < -0.4 is 11.1 Å². The van der Waals surface area contributed by atoms with Crippen molar-refractivity contribution in [3.63, 3.8) is 0 Å². The van der Waals surface area contributed by atoms with Gasteiger partial charge in [-0.15, -0.1) is 0 Å². The van der Waals surface area contributed by atoms with Crippen LogP contribution in [0.2, 0.25) is 0 Å². The molecule has 0 radical (unpaired) electrons. The maximum absolute atomic E-state index is 10.8. The van der Waals surface area contributed by atoms with Crippen molar-refractivity contribution in [1.29, 1.82) is 0 Å². The highest BCUT2D eigenvalue weighted by Gasteiger charge is 2.02. The van der Waals surface area contributed by atoms with Crippen LogP contribution in [0.25, 0.3) is 5.65 Å². The molecular formula is C16H16N4O. The molecular weight excluding hydrogens is 264 g/mol. The van der Waals surface area contributed by atoms with Crippen molar-refractivity contribution in [3.05, 3.63) is 66.1 Å². The molecule has 3 N–H and O–H groups in total. The number of rotatable bonds is 5. The standard InChI is InChI=1S/C16H16N4O/c17-15(21)9-12-4-6-13(7-5-12)18-10-14-11-20-8-2-1-3-16(20)19-14/h1-8,11,18H,9-10H2,(H2,17,21). The molecule has 3 rings (SSSR count). The maximum atomic E-state index is 10.8. The van der Waals surface area contributed by atoms with Crippen molar-refractivity contribution in [1.82, 2.24) is 9.38 Å². The van der Waals surface area contributed by atoms with E-state index in [-0.39, 0.29) is 12.3 Å². The highest BCUT2D eigenvalue weighted by molar-refractivity contribution is 5.76. The molecule has 1 amide bonds. The number of nitrogens with two attached hydrogens (primary N) is 1. The molecule has 0 fully saturated rings. The second kappa shape index (κ2) is 5.66. The lowest BCUT2D eigenvalue weighted by atomic mass is 10.1. The van der Waals surface area contributed by atoms with Crippen LogP contribution in [0, 0.1) is 0 Å². The van der Waals surface area contributed by atoms with E-state index >= 15 is 0 Å². The van der Waals surface area contributed by atoms with Crippen LogP contribution in [0.15, 0.2) is 54.9 Å². The van der Waals surface area contributed by atoms with Gasteiger partial charge in [-0.3, -0.25) is 4.79 Å². The summed E-state index contributed by atoms with van der Waals surface area (Å²) >= 11 is 0. The molecule has 2 heterocycles. The molecule has 5 nitrogen and oxygen atoms in total. The van der Waals surface area contributed by atoms with E-state index in [2.05, 4.69) is 10.3 Å². The van der Waals surface area contributed by atoms with Crippen LogP contribution in [-0.4, -0.2) is 15.3 Å². The molecule has 106 valence electrons. The third kappa shape index (κ3) is 3.20. The Bertz CT molecular complexity index is 728. The number of hydrogen-bond donors (Lipinski definition) is 2. The number of carbonyl (C=O) groups is 1. The van der Waals surface area contributed by atoms with E-state index in [1.807, 2.05) is 59.3 Å². The molecule has 0 saturated heterocycles. The van der Waals surface area contributed by atoms with Gasteiger partial charge in [-0.05, 0) is 29.8 Å². The van der Waals surface area contributed by atoms with E-state index in [1.54, 1.807) is 0 Å². The summed E-state index contributed by atoms with van der Waals surface area (Å²) in [5.74, 6) is -0.319. The number of nitrogens with one attached hydrogen (secondary N) is 1. The quantitative estimate of drug-likeness (QED) is 0.750. The van der Waals surface area contributed by atoms with Crippen molar-refractivity contribution in [3.8, 4) is 0 Å². The second-order valence-electron chi connectivity index (χ2n) is 4.89. The van der Waals surface area contributed by atoms with Gasteiger partial charge in [-0.1, -0.05) is 18.2 Å². The minimum absolute atomic E-state index is 0.271. The molecule has 2 aromatic heterocycles. The first-order valence-corrected chi connectivity index (χ1v) is 6.74. The van der Waals surface area contributed by atoms with Gasteiger partial charge >= 0.3 is 0 Å². The molecule has 5 heteroatoms. The normalized spacial score (nSPS) is 10.7. The molecule has 0 saturated carbocycles. The second-order valence-corrected chi connectivity index (χ2v) is 4.89. The molecule has 0 aliphatic heterocycles. The van der Waals surface area contributed by atoms with E-state index in [9.17, 15) is 4.79 Å². The Morgan fingerprint density at radius 1 is 1.19 bits per heavy atom. The van der Waals surface area contributed by atoms with E-state index in [0.717, 1.165) is 22.6 Å². The molecule has 0 aliphatic rings. The van der Waals surface area contributed by atoms with E-state index in [1.165, 1.54) is 0 Å². The number of fused-ring (bicyclic) bond motifs is 1. The van der Waals surface area contributed by atoms with Crippen molar-refractivity contribution < 1.29 is 4.79 Å². The van der Waals surface area contributed by atoms with Crippen LogP contribution in [0.4, 0.5) is 5.69 Å². The molecule has 3 aromatic rings. The zero-order valence-corrected chi connectivity index (χ0v) is 11.5. The first-order valence-electron chi connectivity index (χ1n) is 6.74. The maximum Gasteiger partial charge on any atom is 0.221 e. The lowest BCUT2D eigenvalue weighted by Crippen LogP contribution is -2.13. The largest absolute Gasteiger partial charge is 0.379 e. The molecule has 0 unspecified atom stereocenters. The fourth-order valence-electron chi connectivity index (χ4n) is 2.21. The first kappa shape index (κ1) is 13.2. The van der Waals surface area contributed by atoms with Crippen LogP contribution in [0.3, 0.4) is 0 Å². The summed E-state index contributed by atoms with van der Waals surface area (Å²) in [6.45, 7) is 0.650. The summed E-state index contributed by atoms with van der Waals surface area (Å²) in [5.41, 5.74) is 8.98. The highest BCUT2D eigenvalue weighted by Crippen LogP contribution is 2.12. The van der Waals surface area contributed by atoms with Crippen LogP contribution >= 0.6 is 0 Å². The minimum atomic E-state index is -0.319. The van der Waals surface area contributed by atoms with Crippen molar-refractivity contribution in [2.75, 3.05) is 5.32 Å². The first-order chi connectivity index (χ1) is 10.2. The van der Waals surface area contributed by atoms with Crippen molar-refractivity contribution in [2.45, 2.75) is 13.0 Å². The van der Waals surface area contributed by atoms with Crippen molar-refractivity contribution in [2.24, 2.45) is 5.73 Å². The van der Waals surface area contributed by atoms with Crippen LogP contribution in [-0.2, 0) is 17.8 Å². The molecule has 21 heavy (non-hydrogen) atoms. The summed E-state index contributed by atoms with van der Waals surface area (Å²) < 4.78 is 1.99. The topological polar surface area (TPSA) is 72.4 Å². The number of nitrogens with zero attached hydrogens (tertiary/aromatic N) is 2. The SMILES string of the molecule is NC(=O)Cc1ccc(NCc2cn3ccccc3n2)cc1. The minimum Gasteiger partial charge on any atom is -0.379 e. The molecule has 0 aliphatic carbocycles. The Morgan fingerprint density at radius 3 is 2.71 bits per heavy atom. The smallest absolute Gasteiger partial charge is 0.221 e. The lowest BCUT2D eigenvalue weighted by molar-refractivity contribution is -0.117. The summed E-state index contributed by atoms with van der Waals surface area (Å²) in [7, 11) is 0. The fourth-order valence-corrected chi connectivity index (χ4v) is 2.21. The number of benzene rings is 1.